The van der Waals surface area contributed by atoms with E-state index in [1.54, 1.807) is 0 Å². The number of aromatic amines is 1. The van der Waals surface area contributed by atoms with Crippen LogP contribution in [0, 0.1) is 6.92 Å². The molecule has 3 heteroatoms. The number of H-pyrrole nitrogens is 1. The van der Waals surface area contributed by atoms with E-state index in [2.05, 4.69) is 46.2 Å². The number of aromatic nitrogens is 1. The van der Waals surface area contributed by atoms with E-state index in [0.717, 1.165) is 10.9 Å². The zero-order valence-electron chi connectivity index (χ0n) is 9.96. The summed E-state index contributed by atoms with van der Waals surface area (Å²) in [6, 6.07) is 4.66. The Morgan fingerprint density at radius 1 is 1.35 bits per heavy atom. The van der Waals surface area contributed by atoms with Gasteiger partial charge in [-0.15, -0.1) is 0 Å². The van der Waals surface area contributed by atoms with E-state index in [1.165, 1.54) is 34.9 Å². The molecule has 0 radical (unpaired) electrons. The van der Waals surface area contributed by atoms with E-state index in [-0.39, 0.29) is 0 Å². The molecule has 90 valence electrons. The van der Waals surface area contributed by atoms with Crippen molar-refractivity contribution in [2.24, 2.45) is 5.73 Å². The van der Waals surface area contributed by atoms with Gasteiger partial charge in [-0.2, -0.15) is 0 Å². The summed E-state index contributed by atoms with van der Waals surface area (Å²) in [5.41, 5.74) is 10.1. The molecule has 3 N–H and O–H groups in total. The third-order valence-corrected chi connectivity index (χ3v) is 4.91. The molecule has 17 heavy (non-hydrogen) atoms. The topological polar surface area (TPSA) is 41.8 Å². The maximum Gasteiger partial charge on any atom is 0.0497 e. The fourth-order valence-electron chi connectivity index (χ4n) is 3.02. The highest BCUT2D eigenvalue weighted by molar-refractivity contribution is 9.10. The van der Waals surface area contributed by atoms with Gasteiger partial charge in [0.05, 0.1) is 0 Å². The predicted octanol–water partition coefficient (Wildman–Crippen LogP) is 3.83. The lowest BCUT2D eigenvalue weighted by atomic mass is 9.94. The lowest BCUT2D eigenvalue weighted by Crippen LogP contribution is -2.22. The van der Waals surface area contributed by atoms with Crippen molar-refractivity contribution in [3.8, 4) is 0 Å². The average Bonchev–Trinajstić information content (AvgIpc) is 2.89. The van der Waals surface area contributed by atoms with E-state index >= 15 is 0 Å². The maximum absolute atomic E-state index is 6.21. The predicted molar refractivity (Wildman–Crippen MR) is 75.3 cm³/mol. The Morgan fingerprint density at radius 2 is 2.18 bits per heavy atom. The molecule has 1 aliphatic rings. The molecule has 0 aliphatic heterocycles. The SMILES string of the molecule is Cc1c(Br)ccc2c(C3CCCC3N)c[nH]c12. The number of benzene rings is 1. The Morgan fingerprint density at radius 3 is 2.88 bits per heavy atom. The van der Waals surface area contributed by atoms with Gasteiger partial charge in [-0.05, 0) is 37.0 Å². The molecule has 1 heterocycles. The summed E-state index contributed by atoms with van der Waals surface area (Å²) in [5.74, 6) is 0.532. The zero-order chi connectivity index (χ0) is 12.0. The fourth-order valence-corrected chi connectivity index (χ4v) is 3.35. The minimum atomic E-state index is 0.331. The van der Waals surface area contributed by atoms with Crippen LogP contribution in [0.5, 0.6) is 0 Å². The summed E-state index contributed by atoms with van der Waals surface area (Å²) in [5, 5.41) is 1.34. The molecule has 0 spiro atoms. The Bertz CT molecular complexity index is 559. The molecule has 1 aromatic carbocycles. The highest BCUT2D eigenvalue weighted by atomic mass is 79.9. The van der Waals surface area contributed by atoms with Gasteiger partial charge < -0.3 is 10.7 Å². The summed E-state index contributed by atoms with van der Waals surface area (Å²) in [7, 11) is 0. The van der Waals surface area contributed by atoms with Crippen LogP contribution >= 0.6 is 15.9 Å². The lowest BCUT2D eigenvalue weighted by Gasteiger charge is -2.14. The third kappa shape index (κ3) is 1.72. The molecule has 0 saturated heterocycles. The van der Waals surface area contributed by atoms with Crippen molar-refractivity contribution in [3.63, 3.8) is 0 Å². The van der Waals surface area contributed by atoms with Crippen LogP contribution in [-0.2, 0) is 0 Å². The van der Waals surface area contributed by atoms with Crippen molar-refractivity contribution in [2.75, 3.05) is 0 Å². The first-order valence-electron chi connectivity index (χ1n) is 6.20. The van der Waals surface area contributed by atoms with Crippen molar-refractivity contribution >= 4 is 26.8 Å². The van der Waals surface area contributed by atoms with Crippen molar-refractivity contribution in [1.82, 2.24) is 4.98 Å². The van der Waals surface area contributed by atoms with Gasteiger partial charge >= 0.3 is 0 Å². The highest BCUT2D eigenvalue weighted by Crippen LogP contribution is 2.38. The Labute approximate surface area is 110 Å². The molecule has 2 aromatic rings. The molecule has 0 amide bonds. The smallest absolute Gasteiger partial charge is 0.0497 e. The zero-order valence-corrected chi connectivity index (χ0v) is 11.5. The summed E-state index contributed by atoms with van der Waals surface area (Å²) < 4.78 is 1.16. The second-order valence-electron chi connectivity index (χ2n) is 5.04. The van der Waals surface area contributed by atoms with Crippen LogP contribution in [0.15, 0.2) is 22.8 Å². The molecule has 1 saturated carbocycles. The Balaban J connectivity index is 2.15. The third-order valence-electron chi connectivity index (χ3n) is 4.05. The van der Waals surface area contributed by atoms with Gasteiger partial charge in [0.2, 0.25) is 0 Å². The van der Waals surface area contributed by atoms with Gasteiger partial charge in [0.15, 0.2) is 0 Å². The molecular formula is C14H17BrN2. The second kappa shape index (κ2) is 4.14. The average molecular weight is 293 g/mol. The normalized spacial score (nSPS) is 24.6. The number of rotatable bonds is 1. The van der Waals surface area contributed by atoms with Gasteiger partial charge in [-0.25, -0.2) is 0 Å². The van der Waals surface area contributed by atoms with Crippen LogP contribution in [0.4, 0.5) is 0 Å². The van der Waals surface area contributed by atoms with Crippen LogP contribution in [-0.4, -0.2) is 11.0 Å². The molecule has 2 atom stereocenters. The van der Waals surface area contributed by atoms with Gasteiger partial charge in [0.1, 0.15) is 0 Å². The van der Waals surface area contributed by atoms with Crippen LogP contribution in [0.3, 0.4) is 0 Å². The molecule has 1 fully saturated rings. The molecule has 1 aliphatic carbocycles. The summed E-state index contributed by atoms with van der Waals surface area (Å²) >= 11 is 3.58. The number of fused-ring (bicyclic) bond motifs is 1. The molecular weight excluding hydrogens is 276 g/mol. The lowest BCUT2D eigenvalue weighted by molar-refractivity contribution is 0.616. The summed E-state index contributed by atoms with van der Waals surface area (Å²) in [6.07, 6.45) is 5.80. The minimum Gasteiger partial charge on any atom is -0.361 e. The second-order valence-corrected chi connectivity index (χ2v) is 5.89. The molecule has 0 bridgehead atoms. The number of hydrogen-bond acceptors (Lipinski definition) is 1. The Hall–Kier alpha value is -0.800. The van der Waals surface area contributed by atoms with Crippen LogP contribution in [0.1, 0.15) is 36.3 Å². The molecule has 1 aromatic heterocycles. The number of nitrogens with two attached hydrogens (primary N) is 1. The standard InChI is InChI=1S/C14H17BrN2/c1-8-12(15)6-5-10-11(7-17-14(8)10)9-3-2-4-13(9)16/h5-7,9,13,17H,2-4,16H2,1H3. The number of halogens is 1. The van der Waals surface area contributed by atoms with Gasteiger partial charge in [0, 0.05) is 33.5 Å². The van der Waals surface area contributed by atoms with Crippen molar-refractivity contribution < 1.29 is 0 Å². The van der Waals surface area contributed by atoms with Gasteiger partial charge in [-0.3, -0.25) is 0 Å². The number of aryl methyl sites for hydroxylation is 1. The number of hydrogen-bond donors (Lipinski definition) is 2. The van der Waals surface area contributed by atoms with E-state index < -0.39 is 0 Å². The van der Waals surface area contributed by atoms with E-state index in [9.17, 15) is 0 Å². The molecule has 3 rings (SSSR count). The Kier molecular flexibility index (Phi) is 2.75. The van der Waals surface area contributed by atoms with Gasteiger partial charge in [0.25, 0.3) is 0 Å². The first kappa shape index (κ1) is 11.3. The van der Waals surface area contributed by atoms with E-state index in [0.29, 0.717) is 12.0 Å². The minimum absolute atomic E-state index is 0.331. The highest BCUT2D eigenvalue weighted by Gasteiger charge is 2.27. The molecule has 2 unspecified atom stereocenters. The van der Waals surface area contributed by atoms with Crippen LogP contribution in [0.25, 0.3) is 10.9 Å². The number of nitrogens with one attached hydrogen (secondary N) is 1. The van der Waals surface area contributed by atoms with Crippen molar-refractivity contribution in [3.05, 3.63) is 33.9 Å². The van der Waals surface area contributed by atoms with Crippen LogP contribution in [0.2, 0.25) is 0 Å². The quantitative estimate of drug-likeness (QED) is 0.824. The van der Waals surface area contributed by atoms with Crippen molar-refractivity contribution in [1.29, 1.82) is 0 Å². The van der Waals surface area contributed by atoms with Crippen molar-refractivity contribution in [2.45, 2.75) is 38.1 Å². The monoisotopic (exact) mass is 292 g/mol. The first-order chi connectivity index (χ1) is 8.18. The largest absolute Gasteiger partial charge is 0.361 e. The van der Waals surface area contributed by atoms with E-state index in [1.807, 2.05) is 0 Å². The van der Waals surface area contributed by atoms with Gasteiger partial charge in [-0.1, -0.05) is 28.4 Å². The first-order valence-corrected chi connectivity index (χ1v) is 6.99. The fraction of sp³-hybridized carbons (Fsp3) is 0.429. The molecule has 2 nitrogen and oxygen atoms in total. The van der Waals surface area contributed by atoms with E-state index in [4.69, 9.17) is 5.73 Å². The summed E-state index contributed by atoms with van der Waals surface area (Å²) in [6.45, 7) is 2.14. The summed E-state index contributed by atoms with van der Waals surface area (Å²) in [4.78, 5) is 3.41. The van der Waals surface area contributed by atoms with Crippen LogP contribution < -0.4 is 5.73 Å². The maximum atomic E-state index is 6.21.